The van der Waals surface area contributed by atoms with Crippen LogP contribution < -0.4 is 10.4 Å². The molecule has 0 saturated heterocycles. The summed E-state index contributed by atoms with van der Waals surface area (Å²) in [6.45, 7) is 11.7. The highest BCUT2D eigenvalue weighted by Gasteiger charge is 2.49. The van der Waals surface area contributed by atoms with Crippen molar-refractivity contribution >= 4 is 24.7 Å². The third-order valence-corrected chi connectivity index (χ3v) is 11.6. The minimum atomic E-state index is -2.52. The van der Waals surface area contributed by atoms with Crippen LogP contribution in [0.1, 0.15) is 72.6 Å². The summed E-state index contributed by atoms with van der Waals surface area (Å²) in [4.78, 5) is 11.8. The van der Waals surface area contributed by atoms with Crippen molar-refractivity contribution in [1.29, 1.82) is 0 Å². The lowest BCUT2D eigenvalue weighted by Crippen LogP contribution is -2.66. The monoisotopic (exact) mass is 528 g/mol. The molecule has 0 heterocycles. The van der Waals surface area contributed by atoms with Crippen LogP contribution in [0.5, 0.6) is 0 Å². The van der Waals surface area contributed by atoms with Gasteiger partial charge < -0.3 is 18.6 Å². The highest BCUT2D eigenvalue weighted by Crippen LogP contribution is 2.36. The molecule has 0 aliphatic rings. The van der Waals surface area contributed by atoms with E-state index in [9.17, 15) is 4.79 Å². The van der Waals surface area contributed by atoms with Crippen LogP contribution >= 0.6 is 0 Å². The fraction of sp³-hybridized carbons (Fsp3) is 0.581. The number of rotatable bonds is 19. The number of carbonyl (C=O) groups is 1. The Balaban J connectivity index is 1.67. The van der Waals surface area contributed by atoms with Crippen molar-refractivity contribution in [2.24, 2.45) is 0 Å². The van der Waals surface area contributed by atoms with Crippen molar-refractivity contribution in [1.82, 2.24) is 0 Å². The van der Waals surface area contributed by atoms with E-state index in [2.05, 4.69) is 88.4 Å². The molecule has 0 aliphatic carbocycles. The molecule has 0 unspecified atom stereocenters. The first-order valence-corrected chi connectivity index (χ1v) is 15.9. The fourth-order valence-corrected chi connectivity index (χ4v) is 9.22. The van der Waals surface area contributed by atoms with Gasteiger partial charge in [-0.2, -0.15) is 0 Å². The zero-order valence-corrected chi connectivity index (χ0v) is 24.5. The van der Waals surface area contributed by atoms with E-state index in [4.69, 9.17) is 18.6 Å². The van der Waals surface area contributed by atoms with E-state index < -0.39 is 8.32 Å². The summed E-state index contributed by atoms with van der Waals surface area (Å²) in [5.74, 6) is -0.129. The van der Waals surface area contributed by atoms with Gasteiger partial charge in [-0.15, -0.1) is 0 Å². The average molecular weight is 529 g/mol. The highest BCUT2D eigenvalue weighted by atomic mass is 28.4. The standard InChI is InChI=1S/C31H48O5Si/c1-5-6-7-8-9-16-21-30(32)35-26-24-33-22-23-34-25-27-36-37(31(2,3)4,28-17-12-10-13-18-28)29-19-14-11-15-20-29/h10-15,17-20H,5-9,16,21-27H2,1-4H3. The molecule has 0 aliphatic heterocycles. The number of benzene rings is 2. The maximum Gasteiger partial charge on any atom is 0.305 e. The zero-order chi connectivity index (χ0) is 26.8. The van der Waals surface area contributed by atoms with Crippen molar-refractivity contribution in [3.63, 3.8) is 0 Å². The number of esters is 1. The van der Waals surface area contributed by atoms with E-state index in [0.717, 1.165) is 12.8 Å². The normalized spacial score (nSPS) is 12.0. The van der Waals surface area contributed by atoms with Gasteiger partial charge in [0.2, 0.25) is 0 Å². The van der Waals surface area contributed by atoms with Crippen LogP contribution in [0, 0.1) is 0 Å². The second-order valence-electron chi connectivity index (χ2n) is 10.5. The van der Waals surface area contributed by atoms with Crippen LogP contribution in [-0.2, 0) is 23.4 Å². The molecule has 0 atom stereocenters. The molecule has 0 saturated carbocycles. The molecular formula is C31H48O5Si. The molecule has 0 fully saturated rings. The lowest BCUT2D eigenvalue weighted by Gasteiger charge is -2.43. The minimum Gasteiger partial charge on any atom is -0.463 e. The molecule has 5 nitrogen and oxygen atoms in total. The SMILES string of the molecule is CCCCCCCCC(=O)OCCOCCOCCO[Si](c1ccccc1)(c1ccccc1)C(C)(C)C. The van der Waals surface area contributed by atoms with E-state index in [-0.39, 0.29) is 11.0 Å². The van der Waals surface area contributed by atoms with E-state index in [0.29, 0.717) is 46.1 Å². The van der Waals surface area contributed by atoms with Crippen LogP contribution in [0.3, 0.4) is 0 Å². The largest absolute Gasteiger partial charge is 0.463 e. The molecule has 0 radical (unpaired) electrons. The summed E-state index contributed by atoms with van der Waals surface area (Å²) in [7, 11) is -2.52. The average Bonchev–Trinajstić information content (AvgIpc) is 2.89. The molecule has 0 spiro atoms. The Labute approximate surface area is 226 Å². The number of carbonyl (C=O) groups excluding carboxylic acids is 1. The predicted molar refractivity (Wildman–Crippen MR) is 154 cm³/mol. The molecule has 0 bridgehead atoms. The summed E-state index contributed by atoms with van der Waals surface area (Å²) >= 11 is 0. The Bertz CT molecular complexity index is 811. The summed E-state index contributed by atoms with van der Waals surface area (Å²) < 4.78 is 23.4. The molecule has 0 amide bonds. The third kappa shape index (κ3) is 10.7. The van der Waals surface area contributed by atoms with E-state index >= 15 is 0 Å². The van der Waals surface area contributed by atoms with Crippen LogP contribution in [0.25, 0.3) is 0 Å². The second-order valence-corrected chi connectivity index (χ2v) is 14.8. The Morgan fingerprint density at radius 3 is 1.70 bits per heavy atom. The molecule has 2 aromatic carbocycles. The Morgan fingerprint density at radius 1 is 0.676 bits per heavy atom. The third-order valence-electron chi connectivity index (χ3n) is 6.56. The van der Waals surface area contributed by atoms with Crippen molar-refractivity contribution in [3.05, 3.63) is 60.7 Å². The van der Waals surface area contributed by atoms with Gasteiger partial charge in [0.1, 0.15) is 6.61 Å². The van der Waals surface area contributed by atoms with Gasteiger partial charge in [-0.3, -0.25) is 4.79 Å². The van der Waals surface area contributed by atoms with Gasteiger partial charge >= 0.3 is 5.97 Å². The van der Waals surface area contributed by atoms with Gasteiger partial charge in [-0.25, -0.2) is 0 Å². The molecule has 2 rings (SSSR count). The van der Waals surface area contributed by atoms with E-state index in [1.165, 1.54) is 36.1 Å². The highest BCUT2D eigenvalue weighted by molar-refractivity contribution is 6.99. The quantitative estimate of drug-likeness (QED) is 0.129. The maximum atomic E-state index is 11.8. The molecule has 206 valence electrons. The Hall–Kier alpha value is -1.99. The van der Waals surface area contributed by atoms with Crippen LogP contribution in [-0.4, -0.2) is 53.9 Å². The van der Waals surface area contributed by atoms with Crippen LogP contribution in [0.15, 0.2) is 60.7 Å². The van der Waals surface area contributed by atoms with E-state index in [1.54, 1.807) is 0 Å². The van der Waals surface area contributed by atoms with Crippen molar-refractivity contribution in [2.45, 2.75) is 77.7 Å². The molecule has 6 heteroatoms. The lowest BCUT2D eigenvalue weighted by atomic mass is 10.1. The number of unbranched alkanes of at least 4 members (excludes halogenated alkanes) is 5. The molecule has 0 N–H and O–H groups in total. The van der Waals surface area contributed by atoms with Gasteiger partial charge in [0.15, 0.2) is 0 Å². The molecular weight excluding hydrogens is 480 g/mol. The zero-order valence-electron chi connectivity index (χ0n) is 23.5. The summed E-state index contributed by atoms with van der Waals surface area (Å²) in [5.41, 5.74) is 0. The van der Waals surface area contributed by atoms with Crippen molar-refractivity contribution in [3.8, 4) is 0 Å². The van der Waals surface area contributed by atoms with Crippen molar-refractivity contribution < 1.29 is 23.4 Å². The summed E-state index contributed by atoms with van der Waals surface area (Å²) in [6.07, 6.45) is 7.48. The lowest BCUT2D eigenvalue weighted by molar-refractivity contribution is -0.145. The van der Waals surface area contributed by atoms with Gasteiger partial charge in [0.25, 0.3) is 8.32 Å². The summed E-state index contributed by atoms with van der Waals surface area (Å²) in [5, 5.41) is 2.48. The van der Waals surface area contributed by atoms with Crippen molar-refractivity contribution in [2.75, 3.05) is 39.6 Å². The van der Waals surface area contributed by atoms with Crippen LogP contribution in [0.4, 0.5) is 0 Å². The molecule has 0 aromatic heterocycles. The van der Waals surface area contributed by atoms with E-state index in [1.807, 2.05) is 0 Å². The maximum absolute atomic E-state index is 11.8. The second kappa shape index (κ2) is 17.5. The Morgan fingerprint density at radius 2 is 1.16 bits per heavy atom. The predicted octanol–water partition coefficient (Wildman–Crippen LogP) is 5.89. The smallest absolute Gasteiger partial charge is 0.305 e. The number of hydrogen-bond donors (Lipinski definition) is 0. The minimum absolute atomic E-state index is 0.0503. The van der Waals surface area contributed by atoms with Gasteiger partial charge in [-0.1, -0.05) is 120 Å². The Kier molecular flexibility index (Phi) is 14.8. The van der Waals surface area contributed by atoms with Gasteiger partial charge in [-0.05, 0) is 21.8 Å². The van der Waals surface area contributed by atoms with Gasteiger partial charge in [0.05, 0.1) is 33.0 Å². The molecule has 2 aromatic rings. The number of hydrogen-bond acceptors (Lipinski definition) is 5. The molecule has 37 heavy (non-hydrogen) atoms. The fourth-order valence-electron chi connectivity index (χ4n) is 4.67. The number of ether oxygens (including phenoxy) is 3. The van der Waals surface area contributed by atoms with Crippen LogP contribution in [0.2, 0.25) is 5.04 Å². The first-order valence-electron chi connectivity index (χ1n) is 14.0. The van der Waals surface area contributed by atoms with Gasteiger partial charge in [0, 0.05) is 6.42 Å². The topological polar surface area (TPSA) is 54.0 Å². The summed E-state index contributed by atoms with van der Waals surface area (Å²) in [6, 6.07) is 21.2. The first kappa shape index (κ1) is 31.2. The first-order chi connectivity index (χ1) is 17.9.